The predicted octanol–water partition coefficient (Wildman–Crippen LogP) is 3.41. The Labute approximate surface area is 140 Å². The lowest BCUT2D eigenvalue weighted by Gasteiger charge is -2.10. The van der Waals surface area contributed by atoms with Gasteiger partial charge in [-0.15, -0.1) is 0 Å². The molecule has 0 amide bonds. The SMILES string of the molecule is COC(=O)/C=C/c1ccc(OC(=O)c2ccc(C)cc2)c(OC)c1. The monoisotopic (exact) mass is 326 g/mol. The second-order valence-electron chi connectivity index (χ2n) is 5.02. The van der Waals surface area contributed by atoms with E-state index in [0.29, 0.717) is 22.6 Å². The number of methoxy groups -OCH3 is 2. The van der Waals surface area contributed by atoms with Crippen molar-refractivity contribution in [3.63, 3.8) is 0 Å². The number of hydrogen-bond acceptors (Lipinski definition) is 5. The lowest BCUT2D eigenvalue weighted by Crippen LogP contribution is -2.09. The number of hydrogen-bond donors (Lipinski definition) is 0. The first kappa shape index (κ1) is 17.3. The Balaban J connectivity index is 2.18. The number of benzene rings is 2. The fourth-order valence-electron chi connectivity index (χ4n) is 1.95. The van der Waals surface area contributed by atoms with E-state index in [0.717, 1.165) is 5.56 Å². The van der Waals surface area contributed by atoms with Crippen LogP contribution in [0.5, 0.6) is 11.5 Å². The first-order valence-corrected chi connectivity index (χ1v) is 7.26. The molecule has 0 saturated carbocycles. The Kier molecular flexibility index (Phi) is 5.73. The molecule has 0 saturated heterocycles. The second-order valence-corrected chi connectivity index (χ2v) is 5.02. The minimum Gasteiger partial charge on any atom is -0.493 e. The molecule has 2 aromatic carbocycles. The van der Waals surface area contributed by atoms with Crippen LogP contribution in [0.2, 0.25) is 0 Å². The van der Waals surface area contributed by atoms with Crippen LogP contribution in [0.4, 0.5) is 0 Å². The van der Waals surface area contributed by atoms with Gasteiger partial charge in [-0.3, -0.25) is 0 Å². The van der Waals surface area contributed by atoms with E-state index in [1.54, 1.807) is 36.4 Å². The molecular weight excluding hydrogens is 308 g/mol. The Morgan fingerprint density at radius 2 is 1.67 bits per heavy atom. The van der Waals surface area contributed by atoms with Crippen LogP contribution in [0, 0.1) is 6.92 Å². The van der Waals surface area contributed by atoms with Gasteiger partial charge in [-0.25, -0.2) is 9.59 Å². The number of ether oxygens (including phenoxy) is 3. The van der Waals surface area contributed by atoms with Gasteiger partial charge in [-0.1, -0.05) is 23.8 Å². The van der Waals surface area contributed by atoms with Crippen LogP contribution in [0.3, 0.4) is 0 Å². The van der Waals surface area contributed by atoms with E-state index in [-0.39, 0.29) is 0 Å². The third kappa shape index (κ3) is 4.46. The Bertz CT molecular complexity index is 760. The molecule has 0 bridgehead atoms. The van der Waals surface area contributed by atoms with Gasteiger partial charge in [0.2, 0.25) is 0 Å². The van der Waals surface area contributed by atoms with E-state index in [4.69, 9.17) is 9.47 Å². The molecule has 124 valence electrons. The summed E-state index contributed by atoms with van der Waals surface area (Å²) >= 11 is 0. The molecule has 0 N–H and O–H groups in total. The Morgan fingerprint density at radius 1 is 0.958 bits per heavy atom. The van der Waals surface area contributed by atoms with Gasteiger partial charge < -0.3 is 14.2 Å². The summed E-state index contributed by atoms with van der Waals surface area (Å²) in [7, 11) is 2.78. The van der Waals surface area contributed by atoms with Crippen molar-refractivity contribution in [2.24, 2.45) is 0 Å². The molecule has 0 atom stereocenters. The van der Waals surface area contributed by atoms with Crippen LogP contribution in [-0.4, -0.2) is 26.2 Å². The summed E-state index contributed by atoms with van der Waals surface area (Å²) < 4.78 is 15.2. The standard InChI is InChI=1S/C19H18O5/c1-13-4-8-15(9-5-13)19(21)24-16-10-6-14(12-17(16)22-2)7-11-18(20)23-3/h4-12H,1-3H3/b11-7+. The minimum atomic E-state index is -0.467. The van der Waals surface area contributed by atoms with Crippen LogP contribution in [0.25, 0.3) is 6.08 Å². The maximum Gasteiger partial charge on any atom is 0.343 e. The minimum absolute atomic E-state index is 0.304. The summed E-state index contributed by atoms with van der Waals surface area (Å²) in [4.78, 5) is 23.3. The van der Waals surface area contributed by atoms with Gasteiger partial charge in [-0.2, -0.15) is 0 Å². The molecule has 0 unspecified atom stereocenters. The molecule has 0 spiro atoms. The summed E-state index contributed by atoms with van der Waals surface area (Å²) in [6.45, 7) is 1.94. The zero-order chi connectivity index (χ0) is 17.5. The van der Waals surface area contributed by atoms with Crippen LogP contribution in [-0.2, 0) is 9.53 Å². The van der Waals surface area contributed by atoms with Crippen molar-refractivity contribution in [2.75, 3.05) is 14.2 Å². The molecule has 5 heteroatoms. The highest BCUT2D eigenvalue weighted by atomic mass is 16.6. The molecule has 0 radical (unpaired) electrons. The largest absolute Gasteiger partial charge is 0.493 e. The van der Waals surface area contributed by atoms with Crippen LogP contribution < -0.4 is 9.47 Å². The zero-order valence-electron chi connectivity index (χ0n) is 13.7. The number of esters is 2. The molecule has 0 aromatic heterocycles. The van der Waals surface area contributed by atoms with Gasteiger partial charge in [0, 0.05) is 6.08 Å². The summed E-state index contributed by atoms with van der Waals surface area (Å²) in [6.07, 6.45) is 2.88. The normalized spacial score (nSPS) is 10.5. The fraction of sp³-hybridized carbons (Fsp3) is 0.158. The number of aryl methyl sites for hydroxylation is 1. The fourth-order valence-corrected chi connectivity index (χ4v) is 1.95. The predicted molar refractivity (Wildman–Crippen MR) is 90.2 cm³/mol. The van der Waals surface area contributed by atoms with Gasteiger partial charge in [0.25, 0.3) is 0 Å². The van der Waals surface area contributed by atoms with Crippen molar-refractivity contribution >= 4 is 18.0 Å². The van der Waals surface area contributed by atoms with Crippen molar-refractivity contribution in [1.29, 1.82) is 0 Å². The summed E-state index contributed by atoms with van der Waals surface area (Å²) in [6, 6.07) is 12.1. The van der Waals surface area contributed by atoms with E-state index in [1.165, 1.54) is 20.3 Å². The molecule has 2 aromatic rings. The highest BCUT2D eigenvalue weighted by Gasteiger charge is 2.12. The van der Waals surface area contributed by atoms with Crippen molar-refractivity contribution in [3.05, 3.63) is 65.2 Å². The molecule has 0 heterocycles. The molecule has 2 rings (SSSR count). The lowest BCUT2D eigenvalue weighted by molar-refractivity contribution is -0.134. The lowest BCUT2D eigenvalue weighted by atomic mass is 10.1. The van der Waals surface area contributed by atoms with Gasteiger partial charge >= 0.3 is 11.9 Å². The molecule has 0 aliphatic carbocycles. The highest BCUT2D eigenvalue weighted by molar-refractivity contribution is 5.91. The van der Waals surface area contributed by atoms with Crippen molar-refractivity contribution < 1.29 is 23.8 Å². The van der Waals surface area contributed by atoms with Crippen LogP contribution >= 0.6 is 0 Å². The van der Waals surface area contributed by atoms with Crippen molar-refractivity contribution in [1.82, 2.24) is 0 Å². The van der Waals surface area contributed by atoms with Crippen LogP contribution in [0.15, 0.2) is 48.5 Å². The quantitative estimate of drug-likeness (QED) is 0.479. The maximum atomic E-state index is 12.2. The number of rotatable bonds is 5. The summed E-state index contributed by atoms with van der Waals surface area (Å²) in [5, 5.41) is 0. The van der Waals surface area contributed by atoms with E-state index in [1.807, 2.05) is 19.1 Å². The molecule has 24 heavy (non-hydrogen) atoms. The number of carbonyl (C=O) groups excluding carboxylic acids is 2. The highest BCUT2D eigenvalue weighted by Crippen LogP contribution is 2.29. The topological polar surface area (TPSA) is 61.8 Å². The first-order chi connectivity index (χ1) is 11.5. The van der Waals surface area contributed by atoms with E-state index < -0.39 is 11.9 Å². The molecule has 0 aliphatic rings. The van der Waals surface area contributed by atoms with E-state index in [2.05, 4.69) is 4.74 Å². The van der Waals surface area contributed by atoms with E-state index in [9.17, 15) is 9.59 Å². The average molecular weight is 326 g/mol. The first-order valence-electron chi connectivity index (χ1n) is 7.26. The second kappa shape index (κ2) is 7.97. The number of carbonyl (C=O) groups is 2. The van der Waals surface area contributed by atoms with Gasteiger partial charge in [0.05, 0.1) is 19.8 Å². The zero-order valence-corrected chi connectivity index (χ0v) is 13.7. The maximum absolute atomic E-state index is 12.2. The summed E-state index contributed by atoms with van der Waals surface area (Å²) in [5.41, 5.74) is 2.23. The molecule has 0 aliphatic heterocycles. The van der Waals surface area contributed by atoms with Gasteiger partial charge in [-0.05, 0) is 42.8 Å². The van der Waals surface area contributed by atoms with Gasteiger partial charge in [0.15, 0.2) is 11.5 Å². The van der Waals surface area contributed by atoms with Gasteiger partial charge in [0.1, 0.15) is 0 Å². The smallest absolute Gasteiger partial charge is 0.343 e. The van der Waals surface area contributed by atoms with Crippen molar-refractivity contribution in [2.45, 2.75) is 6.92 Å². The molecule has 5 nitrogen and oxygen atoms in total. The van der Waals surface area contributed by atoms with E-state index >= 15 is 0 Å². The average Bonchev–Trinajstić information content (AvgIpc) is 2.60. The summed E-state index contributed by atoms with van der Waals surface area (Å²) in [5.74, 6) is -0.226. The van der Waals surface area contributed by atoms with Crippen molar-refractivity contribution in [3.8, 4) is 11.5 Å². The third-order valence-corrected chi connectivity index (χ3v) is 3.29. The third-order valence-electron chi connectivity index (χ3n) is 3.29. The Morgan fingerprint density at radius 3 is 2.29 bits per heavy atom. The van der Waals surface area contributed by atoms with Crippen LogP contribution in [0.1, 0.15) is 21.5 Å². The molecule has 0 fully saturated rings. The molecular formula is C19H18O5. The Hall–Kier alpha value is -3.08.